The Morgan fingerprint density at radius 1 is 1.33 bits per heavy atom. The third-order valence-electron chi connectivity index (χ3n) is 3.94. The first kappa shape index (κ1) is 18.8. The zero-order chi connectivity index (χ0) is 19.6. The predicted molar refractivity (Wildman–Crippen MR) is 100 cm³/mol. The first-order valence-corrected chi connectivity index (χ1v) is 9.18. The molecule has 2 heterocycles. The van der Waals surface area contributed by atoms with Crippen LogP contribution < -0.4 is 10.6 Å². The van der Waals surface area contributed by atoms with E-state index in [9.17, 15) is 14.4 Å². The van der Waals surface area contributed by atoms with E-state index in [1.165, 1.54) is 11.1 Å². The summed E-state index contributed by atoms with van der Waals surface area (Å²) < 4.78 is 4.87. The van der Waals surface area contributed by atoms with Crippen molar-refractivity contribution in [2.24, 2.45) is 0 Å². The summed E-state index contributed by atoms with van der Waals surface area (Å²) in [6.07, 6.45) is 1.31. The number of imide groups is 1. The molecule has 1 fully saturated rings. The topological polar surface area (TPSA) is 115 Å². The summed E-state index contributed by atoms with van der Waals surface area (Å²) in [5, 5.41) is -0.427. The van der Waals surface area contributed by atoms with Gasteiger partial charge in [-0.05, 0) is 26.0 Å². The van der Waals surface area contributed by atoms with Gasteiger partial charge >= 0.3 is 5.97 Å². The number of nitrogens with zero attached hydrogens (tertiary/aromatic N) is 3. The van der Waals surface area contributed by atoms with Gasteiger partial charge in [-0.15, -0.1) is 0 Å². The second kappa shape index (κ2) is 7.75. The maximum Gasteiger partial charge on any atom is 0.343 e. The van der Waals surface area contributed by atoms with Gasteiger partial charge in [-0.2, -0.15) is 0 Å². The first-order valence-electron chi connectivity index (χ1n) is 8.30. The lowest BCUT2D eigenvalue weighted by molar-refractivity contribution is -0.121. The highest BCUT2D eigenvalue weighted by Gasteiger charge is 2.40. The summed E-state index contributed by atoms with van der Waals surface area (Å²) in [6, 6.07) is 7.16. The van der Waals surface area contributed by atoms with Crippen LogP contribution in [0, 0.1) is 6.92 Å². The van der Waals surface area contributed by atoms with E-state index in [1.807, 2.05) is 19.1 Å². The molecule has 0 unspecified atom stereocenters. The summed E-state index contributed by atoms with van der Waals surface area (Å²) in [4.78, 5) is 46.0. The number of thioether (sulfide) groups is 1. The Labute approximate surface area is 160 Å². The minimum Gasteiger partial charge on any atom is -0.462 e. The fourth-order valence-electron chi connectivity index (χ4n) is 2.59. The molecule has 1 aromatic carbocycles. The number of hydrogen-bond acceptors (Lipinski definition) is 8. The molecule has 0 radical (unpaired) electrons. The molecule has 0 saturated carbocycles. The Kier molecular flexibility index (Phi) is 5.41. The maximum atomic E-state index is 12.7. The Morgan fingerprint density at radius 2 is 2.04 bits per heavy atom. The molecule has 1 aliphatic rings. The molecule has 1 atom stereocenters. The molecule has 2 aromatic rings. The Bertz CT molecular complexity index is 901. The van der Waals surface area contributed by atoms with E-state index in [4.69, 9.17) is 10.5 Å². The average molecular weight is 386 g/mol. The fraction of sp³-hybridized carbons (Fsp3) is 0.278. The van der Waals surface area contributed by atoms with Gasteiger partial charge < -0.3 is 10.5 Å². The van der Waals surface area contributed by atoms with Crippen LogP contribution in [-0.4, -0.2) is 39.6 Å². The van der Waals surface area contributed by atoms with Crippen molar-refractivity contribution in [3.63, 3.8) is 0 Å². The minimum absolute atomic E-state index is 0.0295. The van der Waals surface area contributed by atoms with E-state index in [1.54, 1.807) is 19.1 Å². The quantitative estimate of drug-likeness (QED) is 0.471. The van der Waals surface area contributed by atoms with E-state index in [0.29, 0.717) is 5.69 Å². The van der Waals surface area contributed by atoms with Crippen LogP contribution in [0.4, 0.5) is 11.5 Å². The average Bonchev–Trinajstić information content (AvgIpc) is 2.90. The second-order valence-corrected chi connectivity index (χ2v) is 7.06. The zero-order valence-corrected chi connectivity index (χ0v) is 15.7. The number of benzene rings is 1. The first-order chi connectivity index (χ1) is 12.9. The molecule has 1 aromatic heterocycles. The third-order valence-corrected chi connectivity index (χ3v) is 5.00. The SMILES string of the molecule is CCOC(=O)c1cnc(S[C@@H]2CC(=O)N(c3ccc(C)cc3)C2=O)nc1N. The van der Waals surface area contributed by atoms with Gasteiger partial charge in [0, 0.05) is 12.6 Å². The molecule has 2 amide bonds. The van der Waals surface area contributed by atoms with E-state index in [0.717, 1.165) is 17.3 Å². The van der Waals surface area contributed by atoms with Crippen molar-refractivity contribution in [3.8, 4) is 0 Å². The van der Waals surface area contributed by atoms with Gasteiger partial charge in [-0.3, -0.25) is 9.59 Å². The molecule has 3 rings (SSSR count). The van der Waals surface area contributed by atoms with E-state index in [2.05, 4.69) is 9.97 Å². The summed E-state index contributed by atoms with van der Waals surface area (Å²) in [5.74, 6) is -1.25. The fourth-order valence-corrected chi connectivity index (χ4v) is 3.54. The normalized spacial score (nSPS) is 16.7. The summed E-state index contributed by atoms with van der Waals surface area (Å²) >= 11 is 1.05. The molecule has 1 saturated heterocycles. The number of aryl methyl sites for hydroxylation is 1. The van der Waals surface area contributed by atoms with Crippen molar-refractivity contribution >= 4 is 41.1 Å². The summed E-state index contributed by atoms with van der Waals surface area (Å²) in [5.41, 5.74) is 7.43. The number of carbonyl (C=O) groups is 3. The van der Waals surface area contributed by atoms with Gasteiger partial charge in [0.1, 0.15) is 16.6 Å². The summed E-state index contributed by atoms with van der Waals surface area (Å²) in [7, 11) is 0. The van der Waals surface area contributed by atoms with Gasteiger partial charge in [-0.25, -0.2) is 19.7 Å². The Hall–Kier alpha value is -2.94. The van der Waals surface area contributed by atoms with Crippen LogP contribution in [0.1, 0.15) is 29.3 Å². The van der Waals surface area contributed by atoms with Crippen LogP contribution in [0.5, 0.6) is 0 Å². The van der Waals surface area contributed by atoms with Gasteiger partial charge in [0.2, 0.25) is 11.8 Å². The molecule has 0 spiro atoms. The van der Waals surface area contributed by atoms with Crippen LogP contribution >= 0.6 is 11.8 Å². The molecule has 1 aliphatic heterocycles. The highest BCUT2D eigenvalue weighted by atomic mass is 32.2. The van der Waals surface area contributed by atoms with Gasteiger partial charge in [0.15, 0.2) is 5.16 Å². The van der Waals surface area contributed by atoms with E-state index < -0.39 is 11.2 Å². The van der Waals surface area contributed by atoms with Gasteiger partial charge in [0.05, 0.1) is 12.3 Å². The molecular formula is C18H18N4O4S. The van der Waals surface area contributed by atoms with Crippen molar-refractivity contribution in [1.29, 1.82) is 0 Å². The van der Waals surface area contributed by atoms with Crippen molar-refractivity contribution < 1.29 is 19.1 Å². The lowest BCUT2D eigenvalue weighted by atomic mass is 10.2. The Morgan fingerprint density at radius 3 is 2.67 bits per heavy atom. The number of anilines is 2. The van der Waals surface area contributed by atoms with Gasteiger partial charge in [0.25, 0.3) is 0 Å². The van der Waals surface area contributed by atoms with Gasteiger partial charge in [-0.1, -0.05) is 29.5 Å². The lowest BCUT2D eigenvalue weighted by Gasteiger charge is -2.15. The van der Waals surface area contributed by atoms with E-state index in [-0.39, 0.29) is 41.4 Å². The molecule has 8 nitrogen and oxygen atoms in total. The minimum atomic E-state index is -0.647. The van der Waals surface area contributed by atoms with Crippen LogP contribution in [0.2, 0.25) is 0 Å². The molecule has 0 aliphatic carbocycles. The van der Waals surface area contributed by atoms with Crippen LogP contribution in [-0.2, 0) is 14.3 Å². The lowest BCUT2D eigenvalue weighted by Crippen LogP contribution is -2.31. The summed E-state index contributed by atoms with van der Waals surface area (Å²) in [6.45, 7) is 3.82. The molecule has 140 valence electrons. The Balaban J connectivity index is 1.76. The smallest absolute Gasteiger partial charge is 0.343 e. The predicted octanol–water partition coefficient (Wildman–Crippen LogP) is 1.97. The van der Waals surface area contributed by atoms with Crippen molar-refractivity contribution in [1.82, 2.24) is 9.97 Å². The van der Waals surface area contributed by atoms with Crippen molar-refractivity contribution in [2.45, 2.75) is 30.7 Å². The molecular weight excluding hydrogens is 368 g/mol. The highest BCUT2D eigenvalue weighted by Crippen LogP contribution is 2.33. The number of nitrogens with two attached hydrogens (primary N) is 1. The highest BCUT2D eigenvalue weighted by molar-refractivity contribution is 8.00. The second-order valence-electron chi connectivity index (χ2n) is 5.89. The standard InChI is InChI=1S/C18H18N4O4S/c1-3-26-17(25)12-9-20-18(21-15(12)19)27-13-8-14(23)22(16(13)24)11-6-4-10(2)5-7-11/h4-7,9,13H,3,8H2,1-2H3,(H2,19,20,21)/t13-/m1/s1. The number of amides is 2. The van der Waals surface area contributed by atoms with E-state index >= 15 is 0 Å². The maximum absolute atomic E-state index is 12.7. The number of carbonyl (C=O) groups excluding carboxylic acids is 3. The van der Waals surface area contributed by atoms with Crippen molar-refractivity contribution in [3.05, 3.63) is 41.6 Å². The van der Waals surface area contributed by atoms with Crippen LogP contribution in [0.25, 0.3) is 0 Å². The molecule has 2 N–H and O–H groups in total. The van der Waals surface area contributed by atoms with Crippen molar-refractivity contribution in [2.75, 3.05) is 17.2 Å². The number of ether oxygens (including phenoxy) is 1. The molecule has 9 heteroatoms. The number of aromatic nitrogens is 2. The number of nitrogen functional groups attached to an aromatic ring is 1. The molecule has 27 heavy (non-hydrogen) atoms. The number of rotatable bonds is 5. The number of hydrogen-bond donors (Lipinski definition) is 1. The molecule has 0 bridgehead atoms. The monoisotopic (exact) mass is 386 g/mol. The third kappa shape index (κ3) is 3.92. The number of esters is 1. The van der Waals surface area contributed by atoms with Crippen LogP contribution in [0.3, 0.4) is 0 Å². The largest absolute Gasteiger partial charge is 0.462 e. The zero-order valence-electron chi connectivity index (χ0n) is 14.8. The van der Waals surface area contributed by atoms with Crippen LogP contribution in [0.15, 0.2) is 35.6 Å².